The third kappa shape index (κ3) is 2.49. The standard InChI is InChI=1S/C12H21N3O2S/c1-2-11(16)15-8-18-7-10(15)12(17)14-5-3-4-9(14)6-13/h9-10H,2-8,13H2,1H3. The summed E-state index contributed by atoms with van der Waals surface area (Å²) in [5, 5.41) is 0. The van der Waals surface area contributed by atoms with Crippen molar-refractivity contribution in [2.45, 2.75) is 38.3 Å². The molecule has 2 rings (SSSR count). The van der Waals surface area contributed by atoms with Crippen LogP contribution in [0.4, 0.5) is 0 Å². The minimum absolute atomic E-state index is 0.0712. The first-order valence-corrected chi connectivity index (χ1v) is 7.72. The smallest absolute Gasteiger partial charge is 0.246 e. The Kier molecular flexibility index (Phi) is 4.50. The molecule has 2 amide bonds. The lowest BCUT2D eigenvalue weighted by Crippen LogP contribution is -2.51. The Bertz CT molecular complexity index is 337. The van der Waals surface area contributed by atoms with E-state index in [0.29, 0.717) is 18.8 Å². The van der Waals surface area contributed by atoms with Crippen molar-refractivity contribution in [3.8, 4) is 0 Å². The van der Waals surface area contributed by atoms with Crippen LogP contribution in [0, 0.1) is 0 Å². The van der Waals surface area contributed by atoms with E-state index < -0.39 is 0 Å². The zero-order chi connectivity index (χ0) is 13.1. The van der Waals surface area contributed by atoms with Crippen LogP contribution in [-0.2, 0) is 9.59 Å². The molecule has 2 fully saturated rings. The highest BCUT2D eigenvalue weighted by Crippen LogP contribution is 2.26. The normalized spacial score (nSPS) is 27.9. The lowest BCUT2D eigenvalue weighted by atomic mass is 10.2. The SMILES string of the molecule is CCC(=O)N1CSCC1C(=O)N1CCCC1CN. The highest BCUT2D eigenvalue weighted by Gasteiger charge is 2.39. The van der Waals surface area contributed by atoms with Gasteiger partial charge in [0.2, 0.25) is 11.8 Å². The van der Waals surface area contributed by atoms with Gasteiger partial charge in [0.25, 0.3) is 0 Å². The van der Waals surface area contributed by atoms with E-state index in [1.807, 2.05) is 11.8 Å². The minimum Gasteiger partial charge on any atom is -0.337 e. The molecular weight excluding hydrogens is 250 g/mol. The van der Waals surface area contributed by atoms with Crippen molar-refractivity contribution in [2.24, 2.45) is 5.73 Å². The number of rotatable bonds is 3. The van der Waals surface area contributed by atoms with Crippen molar-refractivity contribution < 1.29 is 9.59 Å². The second-order valence-corrected chi connectivity index (χ2v) is 5.80. The van der Waals surface area contributed by atoms with Crippen molar-refractivity contribution in [3.05, 3.63) is 0 Å². The van der Waals surface area contributed by atoms with Crippen LogP contribution in [-0.4, -0.2) is 58.4 Å². The summed E-state index contributed by atoms with van der Waals surface area (Å²) in [5.41, 5.74) is 5.70. The molecule has 6 heteroatoms. The Morgan fingerprint density at radius 2 is 2.17 bits per heavy atom. The molecule has 0 aliphatic carbocycles. The van der Waals surface area contributed by atoms with Crippen LogP contribution in [0.5, 0.6) is 0 Å². The van der Waals surface area contributed by atoms with Gasteiger partial charge in [0.1, 0.15) is 6.04 Å². The zero-order valence-corrected chi connectivity index (χ0v) is 11.6. The average molecular weight is 271 g/mol. The molecule has 0 saturated carbocycles. The molecule has 0 aromatic carbocycles. The molecule has 2 saturated heterocycles. The van der Waals surface area contributed by atoms with Gasteiger partial charge in [-0.05, 0) is 12.8 Å². The summed E-state index contributed by atoms with van der Waals surface area (Å²) in [6, 6.07) is -0.101. The molecule has 2 heterocycles. The first-order valence-electron chi connectivity index (χ1n) is 6.56. The fourth-order valence-electron chi connectivity index (χ4n) is 2.66. The second kappa shape index (κ2) is 5.93. The number of amides is 2. The fourth-order valence-corrected chi connectivity index (χ4v) is 3.83. The molecule has 102 valence electrons. The monoisotopic (exact) mass is 271 g/mol. The van der Waals surface area contributed by atoms with Gasteiger partial charge in [0, 0.05) is 31.3 Å². The number of carbonyl (C=O) groups is 2. The van der Waals surface area contributed by atoms with Gasteiger partial charge in [0.05, 0.1) is 5.88 Å². The number of hydrogen-bond donors (Lipinski definition) is 1. The van der Waals surface area contributed by atoms with Crippen LogP contribution in [0.1, 0.15) is 26.2 Å². The van der Waals surface area contributed by atoms with Crippen LogP contribution in [0.15, 0.2) is 0 Å². The number of likely N-dealkylation sites (tertiary alicyclic amines) is 1. The molecule has 18 heavy (non-hydrogen) atoms. The largest absolute Gasteiger partial charge is 0.337 e. The summed E-state index contributed by atoms with van der Waals surface area (Å²) in [5.74, 6) is 1.53. The summed E-state index contributed by atoms with van der Waals surface area (Å²) in [4.78, 5) is 27.9. The molecule has 5 nitrogen and oxygen atoms in total. The van der Waals surface area contributed by atoms with Crippen molar-refractivity contribution in [2.75, 3.05) is 24.7 Å². The Morgan fingerprint density at radius 1 is 1.39 bits per heavy atom. The van der Waals surface area contributed by atoms with Crippen LogP contribution < -0.4 is 5.73 Å². The number of thioether (sulfide) groups is 1. The summed E-state index contributed by atoms with van der Waals surface area (Å²) in [7, 11) is 0. The Labute approximate surface area is 112 Å². The topological polar surface area (TPSA) is 66.6 Å². The lowest BCUT2D eigenvalue weighted by molar-refractivity contribution is -0.143. The van der Waals surface area contributed by atoms with Crippen molar-refractivity contribution in [3.63, 3.8) is 0 Å². The fraction of sp³-hybridized carbons (Fsp3) is 0.833. The van der Waals surface area contributed by atoms with E-state index in [4.69, 9.17) is 5.73 Å². The highest BCUT2D eigenvalue weighted by atomic mass is 32.2. The lowest BCUT2D eigenvalue weighted by Gasteiger charge is -2.30. The van der Waals surface area contributed by atoms with Gasteiger partial charge in [-0.25, -0.2) is 0 Å². The van der Waals surface area contributed by atoms with Gasteiger partial charge in [-0.3, -0.25) is 9.59 Å². The molecule has 2 N–H and O–H groups in total. The van der Waals surface area contributed by atoms with Gasteiger partial charge in [-0.15, -0.1) is 11.8 Å². The van der Waals surface area contributed by atoms with E-state index in [2.05, 4.69) is 0 Å². The molecule has 2 aliphatic heterocycles. The van der Waals surface area contributed by atoms with Gasteiger partial charge in [0.15, 0.2) is 0 Å². The molecule has 2 aliphatic rings. The molecule has 2 atom stereocenters. The predicted octanol–water partition coefficient (Wildman–Crippen LogP) is 0.248. The van der Waals surface area contributed by atoms with Gasteiger partial charge < -0.3 is 15.5 Å². The number of nitrogens with zero attached hydrogens (tertiary/aromatic N) is 2. The van der Waals surface area contributed by atoms with Gasteiger partial charge >= 0.3 is 0 Å². The quantitative estimate of drug-likeness (QED) is 0.799. The van der Waals surface area contributed by atoms with Crippen LogP contribution in [0.2, 0.25) is 0 Å². The maximum absolute atomic E-state index is 12.5. The van der Waals surface area contributed by atoms with E-state index in [0.717, 1.165) is 25.1 Å². The third-order valence-electron chi connectivity index (χ3n) is 3.72. The summed E-state index contributed by atoms with van der Waals surface area (Å²) in [6.07, 6.45) is 2.48. The molecular formula is C12H21N3O2S. The van der Waals surface area contributed by atoms with E-state index in [1.54, 1.807) is 16.7 Å². The number of nitrogens with two attached hydrogens (primary N) is 1. The first kappa shape index (κ1) is 13.7. The van der Waals surface area contributed by atoms with E-state index in [9.17, 15) is 9.59 Å². The van der Waals surface area contributed by atoms with E-state index in [1.165, 1.54) is 0 Å². The maximum atomic E-state index is 12.5. The molecule has 2 unspecified atom stereocenters. The molecule has 0 spiro atoms. The molecule has 0 radical (unpaired) electrons. The van der Waals surface area contributed by atoms with E-state index in [-0.39, 0.29) is 23.9 Å². The minimum atomic E-state index is -0.269. The molecule has 0 aromatic heterocycles. The predicted molar refractivity (Wildman–Crippen MR) is 72.0 cm³/mol. The summed E-state index contributed by atoms with van der Waals surface area (Å²) < 4.78 is 0. The zero-order valence-electron chi connectivity index (χ0n) is 10.8. The second-order valence-electron chi connectivity index (χ2n) is 4.80. The van der Waals surface area contributed by atoms with Gasteiger partial charge in [-0.1, -0.05) is 6.92 Å². The molecule has 0 bridgehead atoms. The maximum Gasteiger partial charge on any atom is 0.246 e. The van der Waals surface area contributed by atoms with Crippen molar-refractivity contribution >= 4 is 23.6 Å². The number of hydrogen-bond acceptors (Lipinski definition) is 4. The van der Waals surface area contributed by atoms with Gasteiger partial charge in [-0.2, -0.15) is 0 Å². The van der Waals surface area contributed by atoms with Crippen molar-refractivity contribution in [1.82, 2.24) is 9.80 Å². The number of carbonyl (C=O) groups excluding carboxylic acids is 2. The molecule has 0 aromatic rings. The Morgan fingerprint density at radius 3 is 2.83 bits per heavy atom. The average Bonchev–Trinajstić information content (AvgIpc) is 3.04. The van der Waals surface area contributed by atoms with E-state index >= 15 is 0 Å². The van der Waals surface area contributed by atoms with Crippen molar-refractivity contribution in [1.29, 1.82) is 0 Å². The summed E-state index contributed by atoms with van der Waals surface area (Å²) in [6.45, 7) is 3.15. The van der Waals surface area contributed by atoms with Crippen LogP contribution >= 0.6 is 11.8 Å². The van der Waals surface area contributed by atoms with Crippen LogP contribution in [0.3, 0.4) is 0 Å². The Balaban J connectivity index is 2.05. The highest BCUT2D eigenvalue weighted by molar-refractivity contribution is 7.99. The Hall–Kier alpha value is -0.750. The third-order valence-corrected chi connectivity index (χ3v) is 4.73. The van der Waals surface area contributed by atoms with Crippen LogP contribution in [0.25, 0.3) is 0 Å². The summed E-state index contributed by atoms with van der Waals surface area (Å²) >= 11 is 1.66. The first-order chi connectivity index (χ1) is 8.69.